The number of aromatic nitrogens is 1. The highest BCUT2D eigenvalue weighted by atomic mass is 16.5. The van der Waals surface area contributed by atoms with Gasteiger partial charge in [-0.1, -0.05) is 24.3 Å². The van der Waals surface area contributed by atoms with E-state index in [1.54, 1.807) is 14.2 Å². The monoisotopic (exact) mass is 324 g/mol. The smallest absolute Gasteiger partial charge is 0.161 e. The molecule has 0 amide bonds. The molecule has 1 heterocycles. The lowest BCUT2D eigenvalue weighted by atomic mass is 10.1. The number of aryl methyl sites for hydroxylation is 1. The molecular weight excluding hydrogens is 300 g/mol. The number of H-pyrrole nitrogens is 1. The summed E-state index contributed by atoms with van der Waals surface area (Å²) in [6.45, 7) is 3.88. The molecule has 0 radical (unpaired) electrons. The van der Waals surface area contributed by atoms with Crippen molar-refractivity contribution in [2.24, 2.45) is 0 Å². The molecule has 0 aliphatic rings. The third-order valence-electron chi connectivity index (χ3n) is 4.36. The van der Waals surface area contributed by atoms with Gasteiger partial charge in [-0.2, -0.15) is 0 Å². The van der Waals surface area contributed by atoms with Gasteiger partial charge >= 0.3 is 0 Å². The van der Waals surface area contributed by atoms with Gasteiger partial charge < -0.3 is 19.8 Å². The second-order valence-corrected chi connectivity index (χ2v) is 5.89. The number of rotatable bonds is 7. The standard InChI is InChI=1S/C20H24N2O2/c1-14-16(17-6-4-5-7-18(17)22-14)10-11-21-13-15-8-9-19(23-2)20(12-15)24-3/h4-9,12,21-22H,10-11,13H2,1-3H3. The molecule has 126 valence electrons. The fourth-order valence-electron chi connectivity index (χ4n) is 3.09. The van der Waals surface area contributed by atoms with E-state index in [2.05, 4.69) is 47.6 Å². The quantitative estimate of drug-likeness (QED) is 0.649. The van der Waals surface area contributed by atoms with Crippen LogP contribution in [0.4, 0.5) is 0 Å². The van der Waals surface area contributed by atoms with Gasteiger partial charge in [-0.05, 0) is 49.2 Å². The molecule has 4 nitrogen and oxygen atoms in total. The number of aromatic amines is 1. The van der Waals surface area contributed by atoms with Crippen LogP contribution in [0.2, 0.25) is 0 Å². The fraction of sp³-hybridized carbons (Fsp3) is 0.300. The number of nitrogens with one attached hydrogen (secondary N) is 2. The summed E-state index contributed by atoms with van der Waals surface area (Å²) >= 11 is 0. The molecular formula is C20H24N2O2. The Hall–Kier alpha value is -2.46. The molecule has 3 aromatic rings. The van der Waals surface area contributed by atoms with E-state index in [9.17, 15) is 0 Å². The first-order valence-corrected chi connectivity index (χ1v) is 8.20. The molecule has 2 N–H and O–H groups in total. The van der Waals surface area contributed by atoms with Gasteiger partial charge in [0.15, 0.2) is 11.5 Å². The number of methoxy groups -OCH3 is 2. The van der Waals surface area contributed by atoms with Gasteiger partial charge in [0, 0.05) is 23.1 Å². The average Bonchev–Trinajstić information content (AvgIpc) is 2.93. The van der Waals surface area contributed by atoms with Crippen molar-refractivity contribution in [2.45, 2.75) is 19.9 Å². The first-order chi connectivity index (χ1) is 11.7. The van der Waals surface area contributed by atoms with Crippen LogP contribution in [0.3, 0.4) is 0 Å². The Morgan fingerprint density at radius 2 is 1.79 bits per heavy atom. The van der Waals surface area contributed by atoms with Gasteiger partial charge in [-0.3, -0.25) is 0 Å². The lowest BCUT2D eigenvalue weighted by Gasteiger charge is -2.10. The van der Waals surface area contributed by atoms with Gasteiger partial charge in [0.05, 0.1) is 14.2 Å². The second-order valence-electron chi connectivity index (χ2n) is 5.89. The molecule has 0 unspecified atom stereocenters. The molecule has 0 atom stereocenters. The van der Waals surface area contributed by atoms with Crippen molar-refractivity contribution < 1.29 is 9.47 Å². The van der Waals surface area contributed by atoms with Crippen LogP contribution in [0.15, 0.2) is 42.5 Å². The van der Waals surface area contributed by atoms with Crippen LogP contribution in [0.1, 0.15) is 16.8 Å². The van der Waals surface area contributed by atoms with Crippen molar-refractivity contribution >= 4 is 10.9 Å². The van der Waals surface area contributed by atoms with Gasteiger partial charge in [-0.25, -0.2) is 0 Å². The predicted octanol–water partition coefficient (Wildman–Crippen LogP) is 3.83. The van der Waals surface area contributed by atoms with E-state index in [-0.39, 0.29) is 0 Å². The van der Waals surface area contributed by atoms with Gasteiger partial charge in [0.2, 0.25) is 0 Å². The Morgan fingerprint density at radius 3 is 2.58 bits per heavy atom. The number of benzene rings is 2. The molecule has 0 bridgehead atoms. The number of para-hydroxylation sites is 1. The summed E-state index contributed by atoms with van der Waals surface area (Å²) in [4.78, 5) is 3.46. The van der Waals surface area contributed by atoms with Crippen molar-refractivity contribution in [3.63, 3.8) is 0 Å². The zero-order valence-electron chi connectivity index (χ0n) is 14.5. The molecule has 2 aromatic carbocycles. The van der Waals surface area contributed by atoms with E-state index >= 15 is 0 Å². The summed E-state index contributed by atoms with van der Waals surface area (Å²) in [5.74, 6) is 1.53. The van der Waals surface area contributed by atoms with E-state index in [0.717, 1.165) is 31.0 Å². The molecule has 0 aliphatic heterocycles. The second kappa shape index (κ2) is 7.41. The zero-order valence-corrected chi connectivity index (χ0v) is 14.5. The summed E-state index contributed by atoms with van der Waals surface area (Å²) in [6.07, 6.45) is 1.00. The maximum absolute atomic E-state index is 5.35. The third-order valence-corrected chi connectivity index (χ3v) is 4.36. The normalized spacial score (nSPS) is 11.0. The van der Waals surface area contributed by atoms with Gasteiger partial charge in [-0.15, -0.1) is 0 Å². The maximum atomic E-state index is 5.35. The molecule has 0 aliphatic carbocycles. The number of hydrogen-bond donors (Lipinski definition) is 2. The highest BCUT2D eigenvalue weighted by Crippen LogP contribution is 2.27. The number of fused-ring (bicyclic) bond motifs is 1. The van der Waals surface area contributed by atoms with Gasteiger partial charge in [0.1, 0.15) is 0 Å². The molecule has 0 saturated carbocycles. The minimum Gasteiger partial charge on any atom is -0.493 e. The lowest BCUT2D eigenvalue weighted by molar-refractivity contribution is 0.354. The minimum absolute atomic E-state index is 0.760. The Balaban J connectivity index is 1.60. The van der Waals surface area contributed by atoms with E-state index in [1.807, 2.05) is 12.1 Å². The third kappa shape index (κ3) is 3.39. The summed E-state index contributed by atoms with van der Waals surface area (Å²) in [6, 6.07) is 14.5. The van der Waals surface area contributed by atoms with Crippen LogP contribution in [0.25, 0.3) is 10.9 Å². The van der Waals surface area contributed by atoms with Crippen LogP contribution in [0, 0.1) is 6.92 Å². The Bertz CT molecular complexity index is 824. The molecule has 1 aromatic heterocycles. The summed E-state index contributed by atoms with van der Waals surface area (Å²) < 4.78 is 10.6. The highest BCUT2D eigenvalue weighted by molar-refractivity contribution is 5.84. The Kier molecular flexibility index (Phi) is 5.06. The highest BCUT2D eigenvalue weighted by Gasteiger charge is 2.08. The Morgan fingerprint density at radius 1 is 1.00 bits per heavy atom. The molecule has 0 saturated heterocycles. The minimum atomic E-state index is 0.760. The Labute approximate surface area is 142 Å². The van der Waals surface area contributed by atoms with Crippen molar-refractivity contribution in [3.05, 3.63) is 59.3 Å². The maximum Gasteiger partial charge on any atom is 0.161 e. The van der Waals surface area contributed by atoms with E-state index in [0.29, 0.717) is 0 Å². The molecule has 24 heavy (non-hydrogen) atoms. The summed E-state index contributed by atoms with van der Waals surface area (Å²) in [5.41, 5.74) is 5.04. The fourth-order valence-corrected chi connectivity index (χ4v) is 3.09. The van der Waals surface area contributed by atoms with Crippen molar-refractivity contribution in [1.82, 2.24) is 10.3 Å². The van der Waals surface area contributed by atoms with Crippen molar-refractivity contribution in [2.75, 3.05) is 20.8 Å². The molecule has 4 heteroatoms. The first-order valence-electron chi connectivity index (χ1n) is 8.20. The molecule has 0 spiro atoms. The van der Waals surface area contributed by atoms with Crippen LogP contribution in [-0.4, -0.2) is 25.7 Å². The predicted molar refractivity (Wildman–Crippen MR) is 98.0 cm³/mol. The average molecular weight is 324 g/mol. The SMILES string of the molecule is COc1ccc(CNCCc2c(C)[nH]c3ccccc23)cc1OC. The zero-order chi connectivity index (χ0) is 16.9. The summed E-state index contributed by atoms with van der Waals surface area (Å²) in [7, 11) is 3.31. The number of ether oxygens (including phenoxy) is 2. The van der Waals surface area contributed by atoms with Crippen LogP contribution < -0.4 is 14.8 Å². The van der Waals surface area contributed by atoms with E-state index in [4.69, 9.17) is 9.47 Å². The van der Waals surface area contributed by atoms with Gasteiger partial charge in [0.25, 0.3) is 0 Å². The molecule has 0 fully saturated rings. The summed E-state index contributed by atoms with van der Waals surface area (Å²) in [5, 5.41) is 4.83. The number of hydrogen-bond acceptors (Lipinski definition) is 3. The van der Waals surface area contributed by atoms with E-state index in [1.165, 1.54) is 27.7 Å². The first kappa shape index (κ1) is 16.4. The van der Waals surface area contributed by atoms with Crippen molar-refractivity contribution in [1.29, 1.82) is 0 Å². The topological polar surface area (TPSA) is 46.3 Å². The van der Waals surface area contributed by atoms with Crippen LogP contribution in [-0.2, 0) is 13.0 Å². The van der Waals surface area contributed by atoms with Crippen LogP contribution in [0.5, 0.6) is 11.5 Å². The van der Waals surface area contributed by atoms with E-state index < -0.39 is 0 Å². The lowest BCUT2D eigenvalue weighted by Crippen LogP contribution is -2.17. The molecule has 3 rings (SSSR count). The largest absolute Gasteiger partial charge is 0.493 e. The van der Waals surface area contributed by atoms with Crippen molar-refractivity contribution in [3.8, 4) is 11.5 Å². The van der Waals surface area contributed by atoms with Crippen LogP contribution >= 0.6 is 0 Å².